The fourth-order valence-corrected chi connectivity index (χ4v) is 5.17. The molecule has 0 unspecified atom stereocenters. The predicted octanol–water partition coefficient (Wildman–Crippen LogP) is 3.18. The summed E-state index contributed by atoms with van der Waals surface area (Å²) in [6.07, 6.45) is -2.49. The molecule has 188 valence electrons. The van der Waals surface area contributed by atoms with Gasteiger partial charge in [0.2, 0.25) is 5.91 Å². The molecule has 0 aromatic heterocycles. The van der Waals surface area contributed by atoms with Crippen LogP contribution in [0.4, 0.5) is 17.6 Å². The molecule has 3 fully saturated rings. The van der Waals surface area contributed by atoms with Gasteiger partial charge in [0.25, 0.3) is 5.91 Å². The molecule has 4 rings (SSSR count). The minimum Gasteiger partial charge on any atom is -0.475 e. The second kappa shape index (κ2) is 10.1. The molecule has 3 saturated heterocycles. The van der Waals surface area contributed by atoms with Crippen molar-refractivity contribution in [3.05, 3.63) is 34.6 Å². The highest BCUT2D eigenvalue weighted by Crippen LogP contribution is 2.44. The van der Waals surface area contributed by atoms with E-state index in [1.807, 2.05) is 0 Å². The summed E-state index contributed by atoms with van der Waals surface area (Å²) < 4.78 is 45.4. The zero-order valence-electron chi connectivity index (χ0n) is 18.5. The Kier molecular flexibility index (Phi) is 7.76. The zero-order chi connectivity index (χ0) is 25.3. The van der Waals surface area contributed by atoms with Crippen molar-refractivity contribution >= 4 is 29.4 Å². The number of hydrogen-bond acceptors (Lipinski definition) is 4. The van der Waals surface area contributed by atoms with Gasteiger partial charge >= 0.3 is 12.1 Å². The fraction of sp³-hybridized carbons (Fsp3) is 0.591. The van der Waals surface area contributed by atoms with E-state index in [0.717, 1.165) is 38.9 Å². The second-order valence-electron chi connectivity index (χ2n) is 8.84. The number of alkyl halides is 3. The number of carbonyl (C=O) groups excluding carboxylic acids is 2. The third kappa shape index (κ3) is 5.46. The van der Waals surface area contributed by atoms with E-state index in [0.29, 0.717) is 24.6 Å². The summed E-state index contributed by atoms with van der Waals surface area (Å²) in [4.78, 5) is 38.3. The normalized spacial score (nSPS) is 23.8. The lowest BCUT2D eigenvalue weighted by molar-refractivity contribution is -0.192. The van der Waals surface area contributed by atoms with Gasteiger partial charge in [-0.15, -0.1) is 0 Å². The molecule has 3 heterocycles. The van der Waals surface area contributed by atoms with E-state index < -0.39 is 18.0 Å². The van der Waals surface area contributed by atoms with Crippen LogP contribution in [0.3, 0.4) is 0 Å². The van der Waals surface area contributed by atoms with Crippen LogP contribution >= 0.6 is 11.6 Å². The summed E-state index contributed by atoms with van der Waals surface area (Å²) in [7, 11) is 0. The number of likely N-dealkylation sites (tertiary alicyclic amines) is 2. The van der Waals surface area contributed by atoms with Gasteiger partial charge in [-0.1, -0.05) is 18.5 Å². The molecular formula is C22H26ClF4N3O4. The average molecular weight is 508 g/mol. The van der Waals surface area contributed by atoms with E-state index in [9.17, 15) is 27.2 Å². The molecular weight excluding hydrogens is 482 g/mol. The lowest BCUT2D eigenvalue weighted by Gasteiger charge is -2.42. The lowest BCUT2D eigenvalue weighted by Crippen LogP contribution is -2.56. The third-order valence-corrected chi connectivity index (χ3v) is 7.01. The van der Waals surface area contributed by atoms with Gasteiger partial charge in [-0.05, 0) is 44.0 Å². The molecule has 3 aliphatic rings. The summed E-state index contributed by atoms with van der Waals surface area (Å²) >= 11 is 5.71. The third-order valence-electron chi connectivity index (χ3n) is 6.71. The van der Waals surface area contributed by atoms with E-state index in [2.05, 4.69) is 17.1 Å². The number of amides is 2. The molecule has 34 heavy (non-hydrogen) atoms. The number of aliphatic carboxylic acids is 1. The maximum Gasteiger partial charge on any atom is 0.490 e. The minimum atomic E-state index is -5.08. The van der Waals surface area contributed by atoms with Crippen molar-refractivity contribution in [1.82, 2.24) is 15.1 Å². The molecule has 1 aromatic rings. The van der Waals surface area contributed by atoms with Crippen LogP contribution in [0.15, 0.2) is 18.2 Å². The van der Waals surface area contributed by atoms with Gasteiger partial charge in [0.15, 0.2) is 0 Å². The van der Waals surface area contributed by atoms with Crippen LogP contribution in [0.1, 0.15) is 36.5 Å². The first-order valence-electron chi connectivity index (χ1n) is 11.0. The van der Waals surface area contributed by atoms with Crippen molar-refractivity contribution in [3.8, 4) is 0 Å². The van der Waals surface area contributed by atoms with E-state index >= 15 is 0 Å². The van der Waals surface area contributed by atoms with Crippen LogP contribution < -0.4 is 5.32 Å². The topological polar surface area (TPSA) is 90.0 Å². The SMILES string of the molecule is CCCN1C[C@H]2C(=O)NC3(CCN(C(=O)c4ccc(Cl)c(F)c4)CC3)[C@H]2C1.O=C(O)C(F)(F)F. The zero-order valence-corrected chi connectivity index (χ0v) is 19.3. The molecule has 2 N–H and O–H groups in total. The van der Waals surface area contributed by atoms with Gasteiger partial charge < -0.3 is 20.2 Å². The average Bonchev–Trinajstić information content (AvgIpc) is 3.30. The van der Waals surface area contributed by atoms with Crippen LogP contribution in [-0.4, -0.2) is 77.1 Å². The maximum atomic E-state index is 13.7. The van der Waals surface area contributed by atoms with Gasteiger partial charge in [0, 0.05) is 43.2 Å². The standard InChI is InChI=1S/C20H25ClFN3O2.C2HF3O2/c1-2-7-24-11-14-15(12-24)20(23-18(14)26)5-8-25(9-6-20)19(27)13-3-4-16(21)17(22)10-13;3-2(4,5)1(6)7/h3-4,10,14-15H,2,5-9,11-12H2,1H3,(H,23,26);(H,6,7)/t14-,15+;/m1./s1. The Hall–Kier alpha value is -2.40. The van der Waals surface area contributed by atoms with Crippen molar-refractivity contribution in [2.75, 3.05) is 32.7 Å². The smallest absolute Gasteiger partial charge is 0.475 e. The molecule has 2 amide bonds. The summed E-state index contributed by atoms with van der Waals surface area (Å²) in [5.41, 5.74) is 0.114. The van der Waals surface area contributed by atoms with Crippen molar-refractivity contribution < 1.29 is 37.1 Å². The molecule has 1 aromatic carbocycles. The Morgan fingerprint density at radius 3 is 2.38 bits per heavy atom. The van der Waals surface area contributed by atoms with Crippen LogP contribution in [0.5, 0.6) is 0 Å². The van der Waals surface area contributed by atoms with Crippen LogP contribution in [0.2, 0.25) is 5.02 Å². The summed E-state index contributed by atoms with van der Waals surface area (Å²) in [5.74, 6) is -2.96. The van der Waals surface area contributed by atoms with Gasteiger partial charge in [-0.25, -0.2) is 9.18 Å². The second-order valence-corrected chi connectivity index (χ2v) is 9.25. The predicted molar refractivity (Wildman–Crippen MR) is 115 cm³/mol. The highest BCUT2D eigenvalue weighted by Gasteiger charge is 2.57. The highest BCUT2D eigenvalue weighted by molar-refractivity contribution is 6.30. The van der Waals surface area contributed by atoms with Crippen molar-refractivity contribution in [3.63, 3.8) is 0 Å². The largest absolute Gasteiger partial charge is 0.490 e. The van der Waals surface area contributed by atoms with Crippen LogP contribution in [-0.2, 0) is 9.59 Å². The Balaban J connectivity index is 0.000000406. The molecule has 7 nitrogen and oxygen atoms in total. The first-order chi connectivity index (χ1) is 15.9. The van der Waals surface area contributed by atoms with Gasteiger partial charge in [-0.2, -0.15) is 13.2 Å². The van der Waals surface area contributed by atoms with Crippen molar-refractivity contribution in [1.29, 1.82) is 0 Å². The van der Waals surface area contributed by atoms with Crippen molar-refractivity contribution in [2.45, 2.75) is 37.9 Å². The molecule has 0 saturated carbocycles. The maximum absolute atomic E-state index is 13.7. The molecule has 12 heteroatoms. The van der Waals surface area contributed by atoms with Crippen LogP contribution in [0.25, 0.3) is 0 Å². The Morgan fingerprint density at radius 2 is 1.85 bits per heavy atom. The van der Waals surface area contributed by atoms with Gasteiger partial charge in [0.1, 0.15) is 5.82 Å². The molecule has 1 spiro atoms. The Labute approximate surface area is 199 Å². The Morgan fingerprint density at radius 1 is 1.24 bits per heavy atom. The number of carboxylic acid groups (broad SMARTS) is 1. The molecule has 0 bridgehead atoms. The van der Waals surface area contributed by atoms with E-state index in [1.165, 1.54) is 12.1 Å². The number of rotatable bonds is 3. The molecule has 0 radical (unpaired) electrons. The summed E-state index contributed by atoms with van der Waals surface area (Å²) in [5, 5.41) is 10.4. The first kappa shape index (κ1) is 26.2. The number of fused-ring (bicyclic) bond motifs is 2. The van der Waals surface area contributed by atoms with E-state index in [-0.39, 0.29) is 28.3 Å². The number of carbonyl (C=O) groups is 3. The number of carboxylic acids is 1. The molecule has 2 atom stereocenters. The number of nitrogens with one attached hydrogen (secondary N) is 1. The lowest BCUT2D eigenvalue weighted by atomic mass is 9.75. The minimum absolute atomic E-state index is 0.0155. The number of halogens is 5. The van der Waals surface area contributed by atoms with Gasteiger partial charge in [-0.3, -0.25) is 9.59 Å². The highest BCUT2D eigenvalue weighted by atomic mass is 35.5. The first-order valence-corrected chi connectivity index (χ1v) is 11.3. The molecule has 0 aliphatic carbocycles. The number of nitrogens with zero attached hydrogens (tertiary/aromatic N) is 2. The van der Waals surface area contributed by atoms with Gasteiger partial charge in [0.05, 0.1) is 10.9 Å². The van der Waals surface area contributed by atoms with Crippen LogP contribution in [0, 0.1) is 17.7 Å². The van der Waals surface area contributed by atoms with Crippen molar-refractivity contribution in [2.24, 2.45) is 11.8 Å². The van der Waals surface area contributed by atoms with E-state index in [4.69, 9.17) is 21.5 Å². The number of benzene rings is 1. The molecule has 3 aliphatic heterocycles. The van der Waals surface area contributed by atoms with E-state index in [1.54, 1.807) is 11.0 Å². The number of piperidine rings is 1. The Bertz CT molecular complexity index is 951. The fourth-order valence-electron chi connectivity index (χ4n) is 5.06. The monoisotopic (exact) mass is 507 g/mol. The quantitative estimate of drug-likeness (QED) is 0.613. The summed E-state index contributed by atoms with van der Waals surface area (Å²) in [6.45, 7) is 6.13. The number of hydrogen-bond donors (Lipinski definition) is 2. The summed E-state index contributed by atoms with van der Waals surface area (Å²) in [6, 6.07) is 4.17.